The number of anilines is 1. The fourth-order valence-electron chi connectivity index (χ4n) is 4.06. The molecule has 2 fully saturated rings. The minimum Gasteiger partial charge on any atom is -0.353 e. The number of nitrogens with one attached hydrogen (secondary N) is 2. The van der Waals surface area contributed by atoms with Gasteiger partial charge in [0.05, 0.1) is 11.4 Å². The fraction of sp³-hybridized carbons (Fsp3) is 0.409. The summed E-state index contributed by atoms with van der Waals surface area (Å²) >= 11 is 1.43. The molecule has 3 heterocycles. The van der Waals surface area contributed by atoms with Crippen LogP contribution in [0.1, 0.15) is 31.2 Å². The summed E-state index contributed by atoms with van der Waals surface area (Å²) in [6.07, 6.45) is 3.98. The monoisotopic (exact) mass is 408 g/mol. The van der Waals surface area contributed by atoms with Crippen molar-refractivity contribution in [2.75, 3.05) is 18.0 Å². The molecule has 0 spiro atoms. The number of aromatic nitrogens is 2. The van der Waals surface area contributed by atoms with Crippen LogP contribution in [0.25, 0.3) is 21.3 Å². The van der Waals surface area contributed by atoms with Gasteiger partial charge in [0.25, 0.3) is 5.56 Å². The summed E-state index contributed by atoms with van der Waals surface area (Å²) in [7, 11) is 0. The molecule has 1 aromatic carbocycles. The number of aromatic amines is 1. The molecule has 6 nitrogen and oxygen atoms in total. The van der Waals surface area contributed by atoms with Crippen LogP contribution in [0.3, 0.4) is 0 Å². The summed E-state index contributed by atoms with van der Waals surface area (Å²) in [4.78, 5) is 35.1. The predicted octanol–water partition coefficient (Wildman–Crippen LogP) is 3.46. The molecule has 2 aromatic heterocycles. The molecule has 2 aliphatic rings. The van der Waals surface area contributed by atoms with Crippen molar-refractivity contribution in [2.45, 2.75) is 38.6 Å². The summed E-state index contributed by atoms with van der Waals surface area (Å²) in [6, 6.07) is 8.53. The molecule has 150 valence electrons. The summed E-state index contributed by atoms with van der Waals surface area (Å²) in [6.45, 7) is 3.46. The molecular weight excluding hydrogens is 384 g/mol. The van der Waals surface area contributed by atoms with Gasteiger partial charge in [-0.3, -0.25) is 14.6 Å². The number of piperidine rings is 1. The van der Waals surface area contributed by atoms with E-state index in [0.29, 0.717) is 23.2 Å². The SMILES string of the molecule is Cc1ccccc1-c1csc2c(=O)[nH]c(N3CCC[C@@H](C(=O)NC4CC4)C3)nc12. The Morgan fingerprint density at radius 1 is 1.24 bits per heavy atom. The Balaban J connectivity index is 1.48. The summed E-state index contributed by atoms with van der Waals surface area (Å²) in [5.74, 6) is 0.653. The zero-order valence-electron chi connectivity index (χ0n) is 16.4. The maximum atomic E-state index is 12.7. The van der Waals surface area contributed by atoms with E-state index < -0.39 is 0 Å². The van der Waals surface area contributed by atoms with E-state index in [1.54, 1.807) is 0 Å². The number of thiophene rings is 1. The molecule has 7 heteroatoms. The molecular formula is C22H24N4O2S. The van der Waals surface area contributed by atoms with Crippen LogP contribution in [-0.2, 0) is 4.79 Å². The van der Waals surface area contributed by atoms with E-state index in [1.807, 2.05) is 17.5 Å². The van der Waals surface area contributed by atoms with Gasteiger partial charge in [-0.25, -0.2) is 4.98 Å². The number of fused-ring (bicyclic) bond motifs is 1. The fourth-order valence-corrected chi connectivity index (χ4v) is 4.96. The zero-order valence-corrected chi connectivity index (χ0v) is 17.2. The number of rotatable bonds is 4. The number of carbonyl (C=O) groups is 1. The third-order valence-corrected chi connectivity index (χ3v) is 6.83. The highest BCUT2D eigenvalue weighted by Crippen LogP contribution is 2.34. The molecule has 1 amide bonds. The molecule has 5 rings (SSSR count). The minimum absolute atomic E-state index is 0.0522. The van der Waals surface area contributed by atoms with Gasteiger partial charge in [0.15, 0.2) is 0 Å². The quantitative estimate of drug-likeness (QED) is 0.693. The summed E-state index contributed by atoms with van der Waals surface area (Å²) in [5, 5.41) is 5.13. The minimum atomic E-state index is -0.112. The first-order valence-corrected chi connectivity index (χ1v) is 11.1. The number of aryl methyl sites for hydroxylation is 1. The molecule has 1 aliphatic carbocycles. The molecule has 0 bridgehead atoms. The maximum absolute atomic E-state index is 12.7. The van der Waals surface area contributed by atoms with Crippen LogP contribution in [0, 0.1) is 12.8 Å². The van der Waals surface area contributed by atoms with Crippen molar-refractivity contribution in [1.82, 2.24) is 15.3 Å². The van der Waals surface area contributed by atoms with Crippen molar-refractivity contribution < 1.29 is 4.79 Å². The number of benzene rings is 1. The topological polar surface area (TPSA) is 78.1 Å². The van der Waals surface area contributed by atoms with E-state index in [0.717, 1.165) is 54.4 Å². The number of carbonyl (C=O) groups excluding carboxylic acids is 1. The van der Waals surface area contributed by atoms with Crippen LogP contribution in [0.15, 0.2) is 34.4 Å². The first kappa shape index (κ1) is 18.4. The van der Waals surface area contributed by atoms with Crippen LogP contribution < -0.4 is 15.8 Å². The number of hydrogen-bond acceptors (Lipinski definition) is 5. The second-order valence-corrected chi connectivity index (χ2v) is 8.98. The van der Waals surface area contributed by atoms with Crippen molar-refractivity contribution in [3.8, 4) is 11.1 Å². The molecule has 3 aromatic rings. The third kappa shape index (κ3) is 3.55. The van der Waals surface area contributed by atoms with Crippen molar-refractivity contribution in [2.24, 2.45) is 5.92 Å². The van der Waals surface area contributed by atoms with Crippen LogP contribution in [0.5, 0.6) is 0 Å². The van der Waals surface area contributed by atoms with E-state index in [9.17, 15) is 9.59 Å². The van der Waals surface area contributed by atoms with E-state index in [1.165, 1.54) is 11.3 Å². The lowest BCUT2D eigenvalue weighted by Crippen LogP contribution is -2.44. The lowest BCUT2D eigenvalue weighted by Gasteiger charge is -2.32. The van der Waals surface area contributed by atoms with E-state index in [-0.39, 0.29) is 17.4 Å². The standard InChI is InChI=1S/C22H24N4O2S/c1-13-5-2-3-7-16(13)17-12-29-19-18(17)24-22(25-21(19)28)26-10-4-6-14(11-26)20(27)23-15-8-9-15/h2-3,5,7,12,14-15H,4,6,8-11H2,1H3,(H,23,27)(H,24,25,28)/t14-/m1/s1. The maximum Gasteiger partial charge on any atom is 0.270 e. The van der Waals surface area contributed by atoms with E-state index in [2.05, 4.69) is 34.3 Å². The Morgan fingerprint density at radius 2 is 2.07 bits per heavy atom. The third-order valence-electron chi connectivity index (χ3n) is 5.86. The molecule has 1 atom stereocenters. The highest BCUT2D eigenvalue weighted by atomic mass is 32.1. The van der Waals surface area contributed by atoms with E-state index in [4.69, 9.17) is 4.98 Å². The molecule has 1 aliphatic heterocycles. The van der Waals surface area contributed by atoms with Gasteiger partial charge >= 0.3 is 0 Å². The lowest BCUT2D eigenvalue weighted by molar-refractivity contribution is -0.125. The normalized spacial score (nSPS) is 19.5. The first-order chi connectivity index (χ1) is 14.1. The highest BCUT2D eigenvalue weighted by Gasteiger charge is 2.31. The summed E-state index contributed by atoms with van der Waals surface area (Å²) in [5.41, 5.74) is 3.89. The number of nitrogens with zero attached hydrogens (tertiary/aromatic N) is 2. The second kappa shape index (κ2) is 7.30. The molecule has 1 saturated heterocycles. The molecule has 0 radical (unpaired) electrons. The molecule has 29 heavy (non-hydrogen) atoms. The van der Waals surface area contributed by atoms with Gasteiger partial charge in [-0.05, 0) is 43.7 Å². The van der Waals surface area contributed by atoms with Crippen LogP contribution in [0.4, 0.5) is 5.95 Å². The van der Waals surface area contributed by atoms with Crippen molar-refractivity contribution in [3.63, 3.8) is 0 Å². The summed E-state index contributed by atoms with van der Waals surface area (Å²) < 4.78 is 0.645. The smallest absolute Gasteiger partial charge is 0.270 e. The van der Waals surface area contributed by atoms with Crippen molar-refractivity contribution >= 4 is 33.4 Å². The lowest BCUT2D eigenvalue weighted by atomic mass is 9.97. The van der Waals surface area contributed by atoms with Crippen molar-refractivity contribution in [1.29, 1.82) is 0 Å². The average Bonchev–Trinajstić information content (AvgIpc) is 3.44. The Hall–Kier alpha value is -2.67. The number of H-pyrrole nitrogens is 1. The first-order valence-electron chi connectivity index (χ1n) is 10.2. The van der Waals surface area contributed by atoms with Gasteiger partial charge < -0.3 is 10.2 Å². The Bertz CT molecular complexity index is 1130. The number of hydrogen-bond donors (Lipinski definition) is 2. The van der Waals surface area contributed by atoms with Gasteiger partial charge in [0.2, 0.25) is 11.9 Å². The second-order valence-electron chi connectivity index (χ2n) is 8.10. The van der Waals surface area contributed by atoms with Crippen LogP contribution >= 0.6 is 11.3 Å². The zero-order chi connectivity index (χ0) is 20.0. The highest BCUT2D eigenvalue weighted by molar-refractivity contribution is 7.17. The van der Waals surface area contributed by atoms with Crippen LogP contribution in [0.2, 0.25) is 0 Å². The largest absolute Gasteiger partial charge is 0.353 e. The average molecular weight is 409 g/mol. The Labute approximate surface area is 173 Å². The van der Waals surface area contributed by atoms with Gasteiger partial charge in [-0.15, -0.1) is 11.3 Å². The van der Waals surface area contributed by atoms with Gasteiger partial charge in [-0.2, -0.15) is 0 Å². The van der Waals surface area contributed by atoms with Crippen LogP contribution in [-0.4, -0.2) is 35.0 Å². The van der Waals surface area contributed by atoms with Gasteiger partial charge in [0, 0.05) is 30.1 Å². The molecule has 1 saturated carbocycles. The van der Waals surface area contributed by atoms with Gasteiger partial charge in [-0.1, -0.05) is 24.3 Å². The van der Waals surface area contributed by atoms with E-state index >= 15 is 0 Å². The Morgan fingerprint density at radius 3 is 2.86 bits per heavy atom. The molecule has 2 N–H and O–H groups in total. The molecule has 0 unspecified atom stereocenters. The van der Waals surface area contributed by atoms with Gasteiger partial charge in [0.1, 0.15) is 4.70 Å². The predicted molar refractivity (Wildman–Crippen MR) is 117 cm³/mol. The van der Waals surface area contributed by atoms with Crippen molar-refractivity contribution in [3.05, 3.63) is 45.6 Å². The number of amides is 1. The Kier molecular flexibility index (Phi) is 4.62.